The molecule has 1 heterocycles. The third-order valence-corrected chi connectivity index (χ3v) is 2.91. The molecular formula is C13H15F2N3. The number of imidazole rings is 1. The first-order valence-electron chi connectivity index (χ1n) is 5.81. The lowest BCUT2D eigenvalue weighted by atomic mass is 10.1. The van der Waals surface area contributed by atoms with Crippen LogP contribution in [0.2, 0.25) is 0 Å². The Morgan fingerprint density at radius 2 is 1.89 bits per heavy atom. The molecule has 0 bridgehead atoms. The molecule has 0 aliphatic carbocycles. The summed E-state index contributed by atoms with van der Waals surface area (Å²) in [7, 11) is 1.75. The second kappa shape index (κ2) is 4.76. The van der Waals surface area contributed by atoms with Gasteiger partial charge in [0.25, 0.3) is 0 Å². The molecule has 2 N–H and O–H groups in total. The number of hydrogen-bond donors (Lipinski definition) is 1. The first-order valence-corrected chi connectivity index (χ1v) is 5.81. The standard InChI is InChI=1S/C13H15F2N3/c1-3-5-10-17-12(13(16)18(10)2)11-8(14)6-4-7-9(11)15/h4,6-7H,3,5,16H2,1-2H3. The van der Waals surface area contributed by atoms with Gasteiger partial charge < -0.3 is 10.3 Å². The maximum Gasteiger partial charge on any atom is 0.135 e. The van der Waals surface area contributed by atoms with Crippen LogP contribution in [0.25, 0.3) is 11.3 Å². The Morgan fingerprint density at radius 1 is 1.28 bits per heavy atom. The zero-order chi connectivity index (χ0) is 13.3. The van der Waals surface area contributed by atoms with E-state index in [1.807, 2.05) is 6.92 Å². The Labute approximate surface area is 104 Å². The van der Waals surface area contributed by atoms with Crippen molar-refractivity contribution in [3.05, 3.63) is 35.7 Å². The highest BCUT2D eigenvalue weighted by Crippen LogP contribution is 2.30. The molecule has 96 valence electrons. The Balaban J connectivity index is 2.61. The summed E-state index contributed by atoms with van der Waals surface area (Å²) in [5.41, 5.74) is 5.89. The van der Waals surface area contributed by atoms with E-state index in [-0.39, 0.29) is 17.1 Å². The second-order valence-corrected chi connectivity index (χ2v) is 4.17. The van der Waals surface area contributed by atoms with Crippen molar-refractivity contribution < 1.29 is 8.78 Å². The summed E-state index contributed by atoms with van der Waals surface area (Å²) < 4.78 is 29.1. The molecule has 0 saturated heterocycles. The normalized spacial score (nSPS) is 10.9. The minimum atomic E-state index is -0.650. The van der Waals surface area contributed by atoms with Gasteiger partial charge >= 0.3 is 0 Å². The number of aromatic nitrogens is 2. The summed E-state index contributed by atoms with van der Waals surface area (Å²) in [6.45, 7) is 2.01. The van der Waals surface area contributed by atoms with Gasteiger partial charge in [-0.15, -0.1) is 0 Å². The molecular weight excluding hydrogens is 236 g/mol. The van der Waals surface area contributed by atoms with Crippen LogP contribution >= 0.6 is 0 Å². The molecule has 0 spiro atoms. The van der Waals surface area contributed by atoms with Crippen molar-refractivity contribution in [1.29, 1.82) is 0 Å². The van der Waals surface area contributed by atoms with Crippen molar-refractivity contribution in [3.63, 3.8) is 0 Å². The lowest BCUT2D eigenvalue weighted by molar-refractivity contribution is 0.589. The molecule has 0 unspecified atom stereocenters. The van der Waals surface area contributed by atoms with Crippen molar-refractivity contribution in [1.82, 2.24) is 9.55 Å². The van der Waals surface area contributed by atoms with Crippen LogP contribution in [-0.2, 0) is 13.5 Å². The lowest BCUT2D eigenvalue weighted by Crippen LogP contribution is -2.01. The maximum atomic E-state index is 13.7. The molecule has 2 rings (SSSR count). The van der Waals surface area contributed by atoms with Gasteiger partial charge in [0.15, 0.2) is 0 Å². The highest BCUT2D eigenvalue weighted by Gasteiger charge is 2.19. The summed E-state index contributed by atoms with van der Waals surface area (Å²) in [6, 6.07) is 3.72. The molecule has 0 aliphatic heterocycles. The van der Waals surface area contributed by atoms with E-state index in [1.165, 1.54) is 18.2 Å². The number of nitrogens with two attached hydrogens (primary N) is 1. The van der Waals surface area contributed by atoms with E-state index in [0.717, 1.165) is 18.7 Å². The van der Waals surface area contributed by atoms with Gasteiger partial charge in [0, 0.05) is 13.5 Å². The zero-order valence-electron chi connectivity index (χ0n) is 10.4. The summed E-state index contributed by atoms with van der Waals surface area (Å²) in [5, 5.41) is 0. The average molecular weight is 251 g/mol. The van der Waals surface area contributed by atoms with E-state index < -0.39 is 11.6 Å². The fraction of sp³-hybridized carbons (Fsp3) is 0.308. The fourth-order valence-corrected chi connectivity index (χ4v) is 1.91. The van der Waals surface area contributed by atoms with E-state index in [2.05, 4.69) is 4.98 Å². The zero-order valence-corrected chi connectivity index (χ0v) is 10.4. The first-order chi connectivity index (χ1) is 8.56. The summed E-state index contributed by atoms with van der Waals surface area (Å²) in [4.78, 5) is 4.25. The molecule has 18 heavy (non-hydrogen) atoms. The van der Waals surface area contributed by atoms with Gasteiger partial charge in [-0.3, -0.25) is 0 Å². The predicted octanol–water partition coefficient (Wildman–Crippen LogP) is 2.90. The third kappa shape index (κ3) is 1.96. The molecule has 2 aromatic rings. The Morgan fingerprint density at radius 3 is 2.44 bits per heavy atom. The van der Waals surface area contributed by atoms with Crippen molar-refractivity contribution in [2.45, 2.75) is 19.8 Å². The van der Waals surface area contributed by atoms with Gasteiger partial charge in [-0.2, -0.15) is 0 Å². The van der Waals surface area contributed by atoms with Crippen molar-refractivity contribution in [2.24, 2.45) is 7.05 Å². The molecule has 0 amide bonds. The Bertz CT molecular complexity index is 556. The van der Waals surface area contributed by atoms with Crippen LogP contribution in [0.4, 0.5) is 14.6 Å². The van der Waals surface area contributed by atoms with Gasteiger partial charge in [-0.25, -0.2) is 13.8 Å². The minimum Gasteiger partial charge on any atom is -0.383 e. The molecule has 0 radical (unpaired) electrons. The number of anilines is 1. The highest BCUT2D eigenvalue weighted by molar-refractivity contribution is 5.72. The fourth-order valence-electron chi connectivity index (χ4n) is 1.91. The first kappa shape index (κ1) is 12.5. The van der Waals surface area contributed by atoms with E-state index >= 15 is 0 Å². The van der Waals surface area contributed by atoms with Crippen LogP contribution in [0.1, 0.15) is 19.2 Å². The average Bonchev–Trinajstić information content (AvgIpc) is 2.59. The number of nitrogens with zero attached hydrogens (tertiary/aromatic N) is 2. The largest absolute Gasteiger partial charge is 0.383 e. The molecule has 0 saturated carbocycles. The summed E-state index contributed by atoms with van der Waals surface area (Å²) >= 11 is 0. The van der Waals surface area contributed by atoms with Crippen molar-refractivity contribution >= 4 is 5.82 Å². The molecule has 0 atom stereocenters. The number of nitrogen functional groups attached to an aromatic ring is 1. The van der Waals surface area contributed by atoms with Crippen LogP contribution < -0.4 is 5.73 Å². The monoisotopic (exact) mass is 251 g/mol. The number of aryl methyl sites for hydroxylation is 1. The Hall–Kier alpha value is -1.91. The van der Waals surface area contributed by atoms with Crippen LogP contribution in [0.15, 0.2) is 18.2 Å². The molecule has 0 aliphatic rings. The van der Waals surface area contributed by atoms with E-state index in [9.17, 15) is 8.78 Å². The van der Waals surface area contributed by atoms with Crippen LogP contribution in [0, 0.1) is 11.6 Å². The molecule has 5 heteroatoms. The molecule has 1 aromatic heterocycles. The van der Waals surface area contributed by atoms with Gasteiger partial charge in [-0.05, 0) is 18.6 Å². The van der Waals surface area contributed by atoms with Crippen molar-refractivity contribution in [3.8, 4) is 11.3 Å². The lowest BCUT2D eigenvalue weighted by Gasteiger charge is -2.03. The highest BCUT2D eigenvalue weighted by atomic mass is 19.1. The van der Waals surface area contributed by atoms with Crippen LogP contribution in [-0.4, -0.2) is 9.55 Å². The third-order valence-electron chi connectivity index (χ3n) is 2.91. The summed E-state index contributed by atoms with van der Waals surface area (Å²) in [6.07, 6.45) is 1.61. The van der Waals surface area contributed by atoms with E-state index in [4.69, 9.17) is 5.73 Å². The topological polar surface area (TPSA) is 43.8 Å². The van der Waals surface area contributed by atoms with Gasteiger partial charge in [0.05, 0.1) is 5.56 Å². The SMILES string of the molecule is CCCc1nc(-c2c(F)cccc2F)c(N)n1C. The molecule has 0 fully saturated rings. The van der Waals surface area contributed by atoms with Crippen LogP contribution in [0.3, 0.4) is 0 Å². The van der Waals surface area contributed by atoms with Crippen molar-refractivity contribution in [2.75, 3.05) is 5.73 Å². The molecule has 3 nitrogen and oxygen atoms in total. The number of halogens is 2. The number of benzene rings is 1. The maximum absolute atomic E-state index is 13.7. The Kier molecular flexibility index (Phi) is 3.32. The predicted molar refractivity (Wildman–Crippen MR) is 67.0 cm³/mol. The van der Waals surface area contributed by atoms with Gasteiger partial charge in [-0.1, -0.05) is 13.0 Å². The molecule has 1 aromatic carbocycles. The van der Waals surface area contributed by atoms with Gasteiger partial charge in [0.2, 0.25) is 0 Å². The van der Waals surface area contributed by atoms with E-state index in [0.29, 0.717) is 0 Å². The van der Waals surface area contributed by atoms with Gasteiger partial charge in [0.1, 0.15) is 29.0 Å². The van der Waals surface area contributed by atoms with E-state index in [1.54, 1.807) is 11.6 Å². The quantitative estimate of drug-likeness (QED) is 0.911. The van der Waals surface area contributed by atoms with Crippen LogP contribution in [0.5, 0.6) is 0 Å². The summed E-state index contributed by atoms with van der Waals surface area (Å²) in [5.74, 6) is -0.291. The minimum absolute atomic E-state index is 0.159. The second-order valence-electron chi connectivity index (χ2n) is 4.17. The smallest absolute Gasteiger partial charge is 0.135 e. The number of rotatable bonds is 3. The number of hydrogen-bond acceptors (Lipinski definition) is 2.